The second-order valence-electron chi connectivity index (χ2n) is 5.91. The second kappa shape index (κ2) is 8.11. The number of methoxy groups -OCH3 is 2. The number of aliphatic hydroxyl groups is 1. The van der Waals surface area contributed by atoms with Crippen molar-refractivity contribution < 1.29 is 19.3 Å². The average Bonchev–Trinajstić information content (AvgIpc) is 2.50. The van der Waals surface area contributed by atoms with Crippen molar-refractivity contribution in [3.05, 3.63) is 23.8 Å². The molecule has 3 atom stereocenters. The van der Waals surface area contributed by atoms with E-state index in [1.807, 2.05) is 38.6 Å². The fourth-order valence-corrected chi connectivity index (χ4v) is 1.97. The summed E-state index contributed by atoms with van der Waals surface area (Å²) in [5.41, 5.74) is 0.377. The fourth-order valence-electron chi connectivity index (χ4n) is 1.89. The summed E-state index contributed by atoms with van der Waals surface area (Å²) in [6.45, 7) is 6.37. The third-order valence-electron chi connectivity index (χ3n) is 3.84. The van der Waals surface area contributed by atoms with Crippen molar-refractivity contribution in [2.45, 2.75) is 32.6 Å². The molecule has 0 aliphatic heterocycles. The average molecular weight is 329 g/mol. The summed E-state index contributed by atoms with van der Waals surface area (Å²) in [7, 11) is 7.70. The number of aliphatic hydroxyl groups excluding tert-OH is 1. The Labute approximate surface area is 135 Å². The Morgan fingerprint density at radius 2 is 1.82 bits per heavy atom. The summed E-state index contributed by atoms with van der Waals surface area (Å²) >= 11 is 0. The third kappa shape index (κ3) is 4.82. The van der Waals surface area contributed by atoms with Crippen LogP contribution in [-0.4, -0.2) is 43.4 Å². The topological polar surface area (TPSA) is 51.2 Å². The molecule has 1 aromatic carbocycles. The third-order valence-corrected chi connectivity index (χ3v) is 4.46. The lowest BCUT2D eigenvalue weighted by atomic mass is 9.97. The maximum Gasteiger partial charge on any atom is 0.161 e. The molecule has 0 amide bonds. The van der Waals surface area contributed by atoms with Gasteiger partial charge in [0.15, 0.2) is 11.5 Å². The summed E-state index contributed by atoms with van der Waals surface area (Å²) in [5.74, 6) is 1.20. The van der Waals surface area contributed by atoms with Crippen LogP contribution in [0.4, 0.5) is 0 Å². The SMILES string of the molecule is COc1ccc([C@@H](O)[C@H](C)COC(C)(C)N(C)P)cc1OC. The first-order chi connectivity index (χ1) is 10.2. The molecule has 1 N–H and O–H groups in total. The Bertz CT molecular complexity index is 479. The van der Waals surface area contributed by atoms with Gasteiger partial charge >= 0.3 is 0 Å². The molecule has 0 saturated heterocycles. The van der Waals surface area contributed by atoms with E-state index in [4.69, 9.17) is 14.2 Å². The van der Waals surface area contributed by atoms with E-state index < -0.39 is 11.8 Å². The van der Waals surface area contributed by atoms with Crippen molar-refractivity contribution >= 4 is 9.39 Å². The summed E-state index contributed by atoms with van der Waals surface area (Å²) < 4.78 is 18.3. The smallest absolute Gasteiger partial charge is 0.161 e. The summed E-state index contributed by atoms with van der Waals surface area (Å²) in [4.78, 5) is 0. The number of rotatable bonds is 8. The standard InChI is InChI=1S/C16H28NO4P/c1-11(10-21-16(2,3)17(4)22)15(18)12-7-8-13(19-5)14(9-12)20-6/h7-9,11,15,18H,10,22H2,1-6H3/t11-,15+/m1/s1. The summed E-state index contributed by atoms with van der Waals surface area (Å²) in [6, 6.07) is 5.44. The molecule has 0 radical (unpaired) electrons. The van der Waals surface area contributed by atoms with E-state index in [1.165, 1.54) is 0 Å². The quantitative estimate of drug-likeness (QED) is 0.587. The lowest BCUT2D eigenvalue weighted by molar-refractivity contribution is -0.105. The van der Waals surface area contributed by atoms with Gasteiger partial charge in [-0.15, -0.1) is 0 Å². The highest BCUT2D eigenvalue weighted by atomic mass is 31.0. The van der Waals surface area contributed by atoms with Gasteiger partial charge in [-0.05, 0) is 38.6 Å². The van der Waals surface area contributed by atoms with E-state index in [9.17, 15) is 5.11 Å². The van der Waals surface area contributed by atoms with Crippen molar-refractivity contribution in [2.24, 2.45) is 5.92 Å². The molecule has 0 aliphatic carbocycles. The molecule has 0 aliphatic rings. The van der Waals surface area contributed by atoms with E-state index in [-0.39, 0.29) is 5.92 Å². The Morgan fingerprint density at radius 1 is 1.23 bits per heavy atom. The fraction of sp³-hybridized carbons (Fsp3) is 0.625. The maximum absolute atomic E-state index is 10.5. The lowest BCUT2D eigenvalue weighted by Gasteiger charge is -2.34. The predicted octanol–water partition coefficient (Wildman–Crippen LogP) is 2.85. The van der Waals surface area contributed by atoms with Crippen LogP contribution in [0.1, 0.15) is 32.4 Å². The molecule has 0 spiro atoms. The van der Waals surface area contributed by atoms with Crippen LogP contribution in [-0.2, 0) is 4.74 Å². The van der Waals surface area contributed by atoms with E-state index in [0.717, 1.165) is 5.56 Å². The zero-order valence-corrected chi connectivity index (χ0v) is 15.4. The van der Waals surface area contributed by atoms with E-state index >= 15 is 0 Å². The van der Waals surface area contributed by atoms with Crippen LogP contribution in [0.25, 0.3) is 0 Å². The molecule has 0 fully saturated rings. The van der Waals surface area contributed by atoms with Gasteiger partial charge in [-0.3, -0.25) is 4.67 Å². The first-order valence-electron chi connectivity index (χ1n) is 7.25. The predicted molar refractivity (Wildman–Crippen MR) is 91.2 cm³/mol. The molecule has 1 unspecified atom stereocenters. The molecule has 1 aromatic rings. The minimum Gasteiger partial charge on any atom is -0.493 e. The van der Waals surface area contributed by atoms with E-state index in [0.29, 0.717) is 18.1 Å². The first kappa shape index (κ1) is 19.2. The van der Waals surface area contributed by atoms with Crippen LogP contribution in [0.15, 0.2) is 18.2 Å². The van der Waals surface area contributed by atoms with Gasteiger partial charge < -0.3 is 19.3 Å². The van der Waals surface area contributed by atoms with Gasteiger partial charge in [-0.1, -0.05) is 22.4 Å². The van der Waals surface area contributed by atoms with Crippen LogP contribution in [0.2, 0.25) is 0 Å². The number of nitrogens with zero attached hydrogens (tertiary/aromatic N) is 1. The second-order valence-corrected chi connectivity index (χ2v) is 6.68. The van der Waals surface area contributed by atoms with Crippen molar-refractivity contribution in [3.8, 4) is 11.5 Å². The Hall–Kier alpha value is -0.870. The molecule has 0 bridgehead atoms. The highest BCUT2D eigenvalue weighted by molar-refractivity contribution is 7.13. The maximum atomic E-state index is 10.5. The van der Waals surface area contributed by atoms with Gasteiger partial charge in [0.1, 0.15) is 5.72 Å². The minimum absolute atomic E-state index is 0.0534. The minimum atomic E-state index is -0.634. The number of benzene rings is 1. The van der Waals surface area contributed by atoms with Gasteiger partial charge in [-0.2, -0.15) is 0 Å². The Morgan fingerprint density at radius 3 is 2.32 bits per heavy atom. The van der Waals surface area contributed by atoms with E-state index in [1.54, 1.807) is 26.4 Å². The van der Waals surface area contributed by atoms with Crippen molar-refractivity contribution in [3.63, 3.8) is 0 Å². The molecular formula is C16H28NO4P. The molecule has 0 aromatic heterocycles. The Balaban J connectivity index is 2.76. The highest BCUT2D eigenvalue weighted by Gasteiger charge is 2.25. The van der Waals surface area contributed by atoms with Crippen LogP contribution in [0, 0.1) is 5.92 Å². The van der Waals surface area contributed by atoms with Gasteiger partial charge in [-0.25, -0.2) is 0 Å². The van der Waals surface area contributed by atoms with Crippen LogP contribution >= 0.6 is 9.39 Å². The molecule has 5 nitrogen and oxygen atoms in total. The van der Waals surface area contributed by atoms with Gasteiger partial charge in [0.05, 0.1) is 26.9 Å². The number of ether oxygens (including phenoxy) is 3. The molecule has 22 heavy (non-hydrogen) atoms. The molecular weight excluding hydrogens is 301 g/mol. The zero-order valence-electron chi connectivity index (χ0n) is 14.3. The molecule has 0 heterocycles. The first-order valence-corrected chi connectivity index (χ1v) is 7.77. The zero-order chi connectivity index (χ0) is 16.9. The van der Waals surface area contributed by atoms with Gasteiger partial charge in [0.25, 0.3) is 0 Å². The molecule has 126 valence electrons. The van der Waals surface area contributed by atoms with E-state index in [2.05, 4.69) is 9.39 Å². The van der Waals surface area contributed by atoms with Crippen LogP contribution in [0.5, 0.6) is 11.5 Å². The lowest BCUT2D eigenvalue weighted by Crippen LogP contribution is -2.38. The number of hydrogen-bond acceptors (Lipinski definition) is 5. The number of hydrogen-bond donors (Lipinski definition) is 1. The van der Waals surface area contributed by atoms with Gasteiger partial charge in [0, 0.05) is 5.92 Å². The Kier molecular flexibility index (Phi) is 7.07. The van der Waals surface area contributed by atoms with Crippen molar-refractivity contribution in [1.29, 1.82) is 0 Å². The van der Waals surface area contributed by atoms with Crippen molar-refractivity contribution in [1.82, 2.24) is 4.67 Å². The largest absolute Gasteiger partial charge is 0.493 e. The summed E-state index contributed by atoms with van der Waals surface area (Å²) in [5, 5.41) is 10.5. The molecule has 6 heteroatoms. The molecule has 1 rings (SSSR count). The summed E-state index contributed by atoms with van der Waals surface area (Å²) in [6.07, 6.45) is -0.634. The van der Waals surface area contributed by atoms with Gasteiger partial charge in [0.2, 0.25) is 0 Å². The highest BCUT2D eigenvalue weighted by Crippen LogP contribution is 2.32. The molecule has 0 saturated carbocycles. The normalized spacial score (nSPS) is 14.8. The monoisotopic (exact) mass is 329 g/mol. The van der Waals surface area contributed by atoms with Crippen LogP contribution in [0.3, 0.4) is 0 Å². The van der Waals surface area contributed by atoms with Crippen molar-refractivity contribution in [2.75, 3.05) is 27.9 Å². The van der Waals surface area contributed by atoms with Crippen LogP contribution < -0.4 is 9.47 Å².